The van der Waals surface area contributed by atoms with E-state index in [0.717, 1.165) is 0 Å². The van der Waals surface area contributed by atoms with Gasteiger partial charge < -0.3 is 10.6 Å². The van der Waals surface area contributed by atoms with Gasteiger partial charge in [0.25, 0.3) is 5.91 Å². The zero-order chi connectivity index (χ0) is 13.7. The summed E-state index contributed by atoms with van der Waals surface area (Å²) in [4.78, 5) is 23.3. The summed E-state index contributed by atoms with van der Waals surface area (Å²) in [5.74, 6) is -0.401. The van der Waals surface area contributed by atoms with E-state index >= 15 is 0 Å². The van der Waals surface area contributed by atoms with E-state index in [2.05, 4.69) is 10.6 Å². The van der Waals surface area contributed by atoms with Crippen LogP contribution in [0.5, 0.6) is 0 Å². The molecule has 0 fully saturated rings. The molecule has 0 unspecified atom stereocenters. The molecule has 0 saturated heterocycles. The van der Waals surface area contributed by atoms with Crippen LogP contribution in [0.4, 0.5) is 0 Å². The molecule has 0 bridgehead atoms. The van der Waals surface area contributed by atoms with Crippen LogP contribution in [0.1, 0.15) is 27.6 Å². The Balaban J connectivity index is 2.76. The lowest BCUT2D eigenvalue weighted by molar-refractivity contribution is 0.0974. The molecule has 0 saturated carbocycles. The number of carbonyl (C=O) groups excluding carboxylic acids is 2. The van der Waals surface area contributed by atoms with E-state index < -0.39 is 0 Å². The third-order valence-corrected chi connectivity index (χ3v) is 3.06. The van der Waals surface area contributed by atoms with Gasteiger partial charge in [-0.3, -0.25) is 9.59 Å². The molecule has 0 aliphatic carbocycles. The van der Waals surface area contributed by atoms with Crippen molar-refractivity contribution in [3.63, 3.8) is 0 Å². The summed E-state index contributed by atoms with van der Waals surface area (Å²) in [5.41, 5.74) is 0.973. The Bertz CT molecular complexity index is 509. The predicted molar refractivity (Wildman–Crippen MR) is 78.2 cm³/mol. The average molecular weight is 280 g/mol. The molecule has 0 atom stereocenters. The highest BCUT2D eigenvalue weighted by Gasteiger charge is 2.10. The molecule has 6 heteroatoms. The standard InChI is InChI=1S/C12H12N2O2S2/c1-7(15)8-3-5-9(6-4-8)10(16)14-12(18)11(17)13-2/h3-6H,1-2H3,(H,13,17)(H,14,16,18). The number of hydrogen-bond donors (Lipinski definition) is 2. The quantitative estimate of drug-likeness (QED) is 0.635. The highest BCUT2D eigenvalue weighted by atomic mass is 32.1. The van der Waals surface area contributed by atoms with Gasteiger partial charge in [0.1, 0.15) is 9.98 Å². The summed E-state index contributed by atoms with van der Waals surface area (Å²) in [7, 11) is 1.63. The number of nitrogens with one attached hydrogen (secondary N) is 2. The fourth-order valence-electron chi connectivity index (χ4n) is 1.20. The van der Waals surface area contributed by atoms with Crippen LogP contribution in [0.2, 0.25) is 0 Å². The van der Waals surface area contributed by atoms with Crippen LogP contribution in [0.25, 0.3) is 0 Å². The molecule has 0 aliphatic rings. The third kappa shape index (κ3) is 3.68. The fourth-order valence-corrected chi connectivity index (χ4v) is 1.45. The van der Waals surface area contributed by atoms with Gasteiger partial charge in [0, 0.05) is 18.2 Å². The smallest absolute Gasteiger partial charge is 0.256 e. The van der Waals surface area contributed by atoms with E-state index in [1.165, 1.54) is 6.92 Å². The fraction of sp³-hybridized carbons (Fsp3) is 0.167. The highest BCUT2D eigenvalue weighted by molar-refractivity contribution is 7.89. The van der Waals surface area contributed by atoms with Crippen LogP contribution in [-0.4, -0.2) is 28.7 Å². The van der Waals surface area contributed by atoms with E-state index in [0.29, 0.717) is 16.1 Å². The van der Waals surface area contributed by atoms with Gasteiger partial charge in [0.2, 0.25) is 0 Å². The molecule has 1 aromatic carbocycles. The molecule has 94 valence electrons. The summed E-state index contributed by atoms with van der Waals surface area (Å²) in [6.45, 7) is 1.47. The number of thiocarbonyl (C=S) groups is 2. The first kappa shape index (κ1) is 14.4. The van der Waals surface area contributed by atoms with Gasteiger partial charge in [-0.25, -0.2) is 0 Å². The van der Waals surface area contributed by atoms with Crippen molar-refractivity contribution >= 4 is 46.1 Å². The summed E-state index contributed by atoms with van der Waals surface area (Å²) in [6.07, 6.45) is 0. The summed E-state index contributed by atoms with van der Waals surface area (Å²) in [5, 5.41) is 5.18. The molecule has 1 amide bonds. The van der Waals surface area contributed by atoms with Crippen LogP contribution in [0.3, 0.4) is 0 Å². The van der Waals surface area contributed by atoms with E-state index in [1.54, 1.807) is 31.3 Å². The number of hydrogen-bond acceptors (Lipinski definition) is 4. The SMILES string of the molecule is CNC(=S)C(=S)NC(=O)c1ccc(C(C)=O)cc1. The van der Waals surface area contributed by atoms with Gasteiger partial charge in [-0.2, -0.15) is 0 Å². The monoisotopic (exact) mass is 280 g/mol. The second-order valence-corrected chi connectivity index (χ2v) is 4.31. The largest absolute Gasteiger partial charge is 0.377 e. The average Bonchev–Trinajstić information content (AvgIpc) is 2.37. The minimum atomic E-state index is -0.354. The zero-order valence-electron chi connectivity index (χ0n) is 9.94. The van der Waals surface area contributed by atoms with Crippen LogP contribution >= 0.6 is 24.4 Å². The number of likely N-dealkylation sites (N-methyl/N-ethyl adjacent to an activating group) is 1. The molecule has 4 nitrogen and oxygen atoms in total. The summed E-state index contributed by atoms with van der Waals surface area (Å²) < 4.78 is 0. The minimum absolute atomic E-state index is 0.0474. The molecule has 1 rings (SSSR count). The van der Waals surface area contributed by atoms with E-state index in [1.807, 2.05) is 0 Å². The van der Waals surface area contributed by atoms with Crippen molar-refractivity contribution in [2.75, 3.05) is 7.05 Å². The minimum Gasteiger partial charge on any atom is -0.377 e. The maximum Gasteiger partial charge on any atom is 0.256 e. The van der Waals surface area contributed by atoms with Crippen molar-refractivity contribution in [1.29, 1.82) is 0 Å². The maximum absolute atomic E-state index is 11.8. The van der Waals surface area contributed by atoms with Gasteiger partial charge in [0.15, 0.2) is 5.78 Å². The lowest BCUT2D eigenvalue weighted by atomic mass is 10.1. The molecule has 0 aliphatic heterocycles. The zero-order valence-corrected chi connectivity index (χ0v) is 11.6. The Morgan fingerprint density at radius 3 is 1.94 bits per heavy atom. The van der Waals surface area contributed by atoms with Crippen molar-refractivity contribution in [1.82, 2.24) is 10.6 Å². The Morgan fingerprint density at radius 1 is 1.00 bits per heavy atom. The van der Waals surface area contributed by atoms with Crippen molar-refractivity contribution < 1.29 is 9.59 Å². The normalized spacial score (nSPS) is 9.44. The first-order valence-electron chi connectivity index (χ1n) is 5.14. The second-order valence-electron chi connectivity index (χ2n) is 3.50. The van der Waals surface area contributed by atoms with Crippen LogP contribution in [0.15, 0.2) is 24.3 Å². The maximum atomic E-state index is 11.8. The van der Waals surface area contributed by atoms with E-state index in [-0.39, 0.29) is 16.7 Å². The predicted octanol–water partition coefficient (Wildman–Crippen LogP) is 1.49. The Hall–Kier alpha value is -1.66. The van der Waals surface area contributed by atoms with Gasteiger partial charge in [-0.15, -0.1) is 0 Å². The molecule has 1 aromatic rings. The number of amides is 1. The summed E-state index contributed by atoms with van der Waals surface area (Å²) >= 11 is 9.82. The molecule has 2 N–H and O–H groups in total. The second kappa shape index (κ2) is 6.32. The van der Waals surface area contributed by atoms with E-state index in [4.69, 9.17) is 24.4 Å². The van der Waals surface area contributed by atoms with Gasteiger partial charge in [0.05, 0.1) is 0 Å². The Morgan fingerprint density at radius 2 is 1.50 bits per heavy atom. The molecule has 18 heavy (non-hydrogen) atoms. The first-order valence-corrected chi connectivity index (χ1v) is 5.95. The number of ketones is 1. The van der Waals surface area contributed by atoms with Crippen molar-refractivity contribution in [2.24, 2.45) is 0 Å². The highest BCUT2D eigenvalue weighted by Crippen LogP contribution is 2.05. The Kier molecular flexibility index (Phi) is 5.06. The van der Waals surface area contributed by atoms with Crippen molar-refractivity contribution in [3.05, 3.63) is 35.4 Å². The van der Waals surface area contributed by atoms with Crippen LogP contribution in [-0.2, 0) is 0 Å². The van der Waals surface area contributed by atoms with Crippen molar-refractivity contribution in [3.8, 4) is 0 Å². The third-order valence-electron chi connectivity index (χ3n) is 2.21. The number of benzene rings is 1. The molecule has 0 spiro atoms. The van der Waals surface area contributed by atoms with Gasteiger partial charge in [-0.1, -0.05) is 36.6 Å². The number of rotatable bonds is 2. The molecule has 0 heterocycles. The summed E-state index contributed by atoms with van der Waals surface area (Å²) in [6, 6.07) is 6.32. The van der Waals surface area contributed by atoms with Crippen molar-refractivity contribution in [2.45, 2.75) is 6.92 Å². The molecular formula is C12H12N2O2S2. The molecular weight excluding hydrogens is 268 g/mol. The topological polar surface area (TPSA) is 58.2 Å². The van der Waals surface area contributed by atoms with E-state index in [9.17, 15) is 9.59 Å². The lowest BCUT2D eigenvalue weighted by Crippen LogP contribution is -2.38. The number of carbonyl (C=O) groups is 2. The Labute approximate surface area is 116 Å². The van der Waals surface area contributed by atoms with Gasteiger partial charge in [-0.05, 0) is 19.1 Å². The molecule has 0 aromatic heterocycles. The first-order chi connectivity index (χ1) is 8.45. The van der Waals surface area contributed by atoms with Crippen LogP contribution < -0.4 is 10.6 Å². The lowest BCUT2D eigenvalue weighted by Gasteiger charge is -2.07. The molecule has 0 radical (unpaired) electrons. The van der Waals surface area contributed by atoms with Gasteiger partial charge >= 0.3 is 0 Å². The van der Waals surface area contributed by atoms with Crippen LogP contribution in [0, 0.1) is 0 Å². The number of Topliss-reactive ketones (excluding diaryl/α,β-unsaturated/α-hetero) is 1.